The maximum atomic E-state index is 12.8. The van der Waals surface area contributed by atoms with Gasteiger partial charge in [-0.1, -0.05) is 11.8 Å². The Morgan fingerprint density at radius 1 is 1.26 bits per heavy atom. The highest BCUT2D eigenvalue weighted by Crippen LogP contribution is 2.41. The number of hydrogen-bond donors (Lipinski definition) is 3. The van der Waals surface area contributed by atoms with E-state index in [0.29, 0.717) is 16.5 Å². The van der Waals surface area contributed by atoms with Crippen LogP contribution in [0.3, 0.4) is 0 Å². The quantitative estimate of drug-likeness (QED) is 0.261. The summed E-state index contributed by atoms with van der Waals surface area (Å²) in [5, 5.41) is 32.4. The normalized spacial score (nSPS) is 19.2. The molecule has 2 aromatic rings. The van der Waals surface area contributed by atoms with Gasteiger partial charge < -0.3 is 15.5 Å². The Bertz CT molecular complexity index is 1170. The standard InChI is InChI=1S/C19H19N7O6S3/c27-12(9-33-11-2-1-4-20-6-11)21-14-16(30)26-15(18(31)32)10(7-34-17(14)26)8-35-19-22-23-24-25(19)5-3-13(28)29/h1-2,4,6,14,17H,3,5,7-9H2,(H,21,27)(H,28,29)(H,31,32)/t14?,17-/m1/s1. The van der Waals surface area contributed by atoms with E-state index < -0.39 is 29.3 Å². The van der Waals surface area contributed by atoms with Crippen LogP contribution in [-0.2, 0) is 25.7 Å². The van der Waals surface area contributed by atoms with E-state index >= 15 is 0 Å². The fourth-order valence-corrected chi connectivity index (χ4v) is 6.46. The lowest BCUT2D eigenvalue weighted by Crippen LogP contribution is -2.70. The Morgan fingerprint density at radius 3 is 2.80 bits per heavy atom. The second kappa shape index (κ2) is 11.1. The fraction of sp³-hybridized carbons (Fsp3) is 0.368. The molecule has 2 aromatic heterocycles. The number of nitrogens with zero attached hydrogens (tertiary/aromatic N) is 6. The van der Waals surface area contributed by atoms with Crippen LogP contribution in [0.5, 0.6) is 0 Å². The molecule has 4 rings (SSSR count). The smallest absolute Gasteiger partial charge is 0.352 e. The number of pyridine rings is 1. The van der Waals surface area contributed by atoms with E-state index in [0.717, 1.165) is 16.7 Å². The molecule has 0 spiro atoms. The number of carboxylic acid groups (broad SMARTS) is 2. The van der Waals surface area contributed by atoms with Crippen molar-refractivity contribution in [3.8, 4) is 0 Å². The van der Waals surface area contributed by atoms with Crippen molar-refractivity contribution >= 4 is 59.0 Å². The van der Waals surface area contributed by atoms with Crippen LogP contribution in [0, 0.1) is 0 Å². The van der Waals surface area contributed by atoms with Crippen molar-refractivity contribution < 1.29 is 29.4 Å². The van der Waals surface area contributed by atoms with E-state index in [-0.39, 0.29) is 36.1 Å². The molecule has 2 atom stereocenters. The molecule has 3 N–H and O–H groups in total. The van der Waals surface area contributed by atoms with Gasteiger partial charge in [0.15, 0.2) is 0 Å². The van der Waals surface area contributed by atoms with Crippen molar-refractivity contribution in [3.63, 3.8) is 0 Å². The number of carbonyl (C=O) groups is 4. The monoisotopic (exact) mass is 537 g/mol. The summed E-state index contributed by atoms with van der Waals surface area (Å²) in [7, 11) is 0. The molecule has 2 aliphatic heterocycles. The van der Waals surface area contributed by atoms with Crippen LogP contribution in [-0.4, -0.2) is 92.7 Å². The zero-order chi connectivity index (χ0) is 24.9. The van der Waals surface area contributed by atoms with E-state index in [2.05, 4.69) is 25.8 Å². The van der Waals surface area contributed by atoms with Crippen LogP contribution in [0.1, 0.15) is 6.42 Å². The Hall–Kier alpha value is -3.11. The molecule has 0 radical (unpaired) electrons. The number of rotatable bonds is 11. The average Bonchev–Trinajstić information content (AvgIpc) is 3.30. The van der Waals surface area contributed by atoms with Crippen LogP contribution in [0.25, 0.3) is 0 Å². The maximum Gasteiger partial charge on any atom is 0.352 e. The molecular weight excluding hydrogens is 518 g/mol. The number of amides is 2. The van der Waals surface area contributed by atoms with Crippen molar-refractivity contribution in [2.75, 3.05) is 17.3 Å². The minimum Gasteiger partial charge on any atom is -0.481 e. The number of aromatic nitrogens is 5. The molecule has 184 valence electrons. The van der Waals surface area contributed by atoms with Gasteiger partial charge in [0.05, 0.1) is 18.7 Å². The third-order valence-electron chi connectivity index (χ3n) is 4.98. The van der Waals surface area contributed by atoms with Crippen LogP contribution >= 0.6 is 35.3 Å². The zero-order valence-electron chi connectivity index (χ0n) is 17.9. The third kappa shape index (κ3) is 5.76. The molecule has 1 saturated heterocycles. The molecule has 4 heterocycles. The van der Waals surface area contributed by atoms with Gasteiger partial charge in [-0.25, -0.2) is 9.48 Å². The highest BCUT2D eigenvalue weighted by molar-refractivity contribution is 8.01. The van der Waals surface area contributed by atoms with Crippen LogP contribution in [0.2, 0.25) is 0 Å². The summed E-state index contributed by atoms with van der Waals surface area (Å²) in [4.78, 5) is 54.0. The summed E-state index contributed by atoms with van der Waals surface area (Å²) in [6.45, 7) is 0.0807. The predicted octanol–water partition coefficient (Wildman–Crippen LogP) is 0.166. The van der Waals surface area contributed by atoms with Crippen LogP contribution in [0.15, 0.2) is 45.8 Å². The first-order valence-corrected chi connectivity index (χ1v) is 13.2. The molecule has 35 heavy (non-hydrogen) atoms. The SMILES string of the molecule is O=C(O)CCn1nnnc1SCC1=C(C(=O)O)N2C(=O)C(NC(=O)CSc3cccnc3)[C@H]2SC1. The summed E-state index contributed by atoms with van der Waals surface area (Å²) in [6, 6.07) is 2.79. The average molecular weight is 538 g/mol. The van der Waals surface area contributed by atoms with E-state index in [1.165, 1.54) is 33.1 Å². The Kier molecular flexibility index (Phi) is 7.92. The van der Waals surface area contributed by atoms with Crippen molar-refractivity contribution in [2.45, 2.75) is 34.4 Å². The molecule has 2 aliphatic rings. The molecule has 2 amide bonds. The molecule has 0 aliphatic carbocycles. The molecule has 1 unspecified atom stereocenters. The minimum atomic E-state index is -1.23. The number of carboxylic acids is 2. The Morgan fingerprint density at radius 2 is 2.09 bits per heavy atom. The number of thioether (sulfide) groups is 3. The highest BCUT2D eigenvalue weighted by atomic mass is 32.2. The van der Waals surface area contributed by atoms with Gasteiger partial charge in [-0.05, 0) is 28.1 Å². The molecule has 0 saturated carbocycles. The Labute approximate surface area is 211 Å². The number of β-lactam (4-membered cyclic amide) rings is 1. The Balaban J connectivity index is 1.38. The number of hydrogen-bond acceptors (Lipinski definition) is 11. The van der Waals surface area contributed by atoms with Crippen molar-refractivity contribution in [1.82, 2.24) is 35.4 Å². The number of fused-ring (bicyclic) bond motifs is 1. The lowest BCUT2D eigenvalue weighted by Gasteiger charge is -2.49. The van der Waals surface area contributed by atoms with Gasteiger partial charge in [-0.15, -0.1) is 28.6 Å². The number of aliphatic carboxylic acids is 2. The number of aryl methyl sites for hydroxylation is 1. The van der Waals surface area contributed by atoms with Crippen LogP contribution in [0.4, 0.5) is 0 Å². The summed E-state index contributed by atoms with van der Waals surface area (Å²) in [5.41, 5.74) is 0.410. The fourth-order valence-electron chi connectivity index (χ4n) is 3.38. The second-order valence-electron chi connectivity index (χ2n) is 7.31. The number of tetrazole rings is 1. The van der Waals surface area contributed by atoms with Crippen molar-refractivity contribution in [1.29, 1.82) is 0 Å². The van der Waals surface area contributed by atoms with E-state index in [4.69, 9.17) is 5.11 Å². The summed E-state index contributed by atoms with van der Waals surface area (Å²) in [5.74, 6) is -2.38. The van der Waals surface area contributed by atoms with Gasteiger partial charge >= 0.3 is 11.9 Å². The first kappa shape index (κ1) is 25.0. The molecule has 16 heteroatoms. The molecule has 13 nitrogen and oxygen atoms in total. The number of nitrogens with one attached hydrogen (secondary N) is 1. The zero-order valence-corrected chi connectivity index (χ0v) is 20.4. The topological polar surface area (TPSA) is 180 Å². The minimum absolute atomic E-state index is 0.0807. The molecule has 0 aromatic carbocycles. The van der Waals surface area contributed by atoms with Gasteiger partial charge in [0.2, 0.25) is 11.1 Å². The molecular formula is C19H19N7O6S3. The largest absolute Gasteiger partial charge is 0.481 e. The van der Waals surface area contributed by atoms with Crippen LogP contribution < -0.4 is 5.32 Å². The molecule has 0 bridgehead atoms. The van der Waals surface area contributed by atoms with Crippen molar-refractivity contribution in [2.24, 2.45) is 0 Å². The number of carbonyl (C=O) groups excluding carboxylic acids is 2. The van der Waals surface area contributed by atoms with Gasteiger partial charge in [-0.3, -0.25) is 24.3 Å². The van der Waals surface area contributed by atoms with Gasteiger partial charge in [0.1, 0.15) is 17.1 Å². The molecule has 1 fully saturated rings. The van der Waals surface area contributed by atoms with E-state index in [1.807, 2.05) is 6.07 Å². The second-order valence-corrected chi connectivity index (χ2v) is 10.4. The predicted molar refractivity (Wildman–Crippen MR) is 125 cm³/mol. The summed E-state index contributed by atoms with van der Waals surface area (Å²) in [6.07, 6.45) is 3.11. The first-order valence-electron chi connectivity index (χ1n) is 10.2. The maximum absolute atomic E-state index is 12.8. The lowest BCUT2D eigenvalue weighted by atomic mass is 10.0. The highest BCUT2D eigenvalue weighted by Gasteiger charge is 2.54. The van der Waals surface area contributed by atoms with E-state index in [9.17, 15) is 24.3 Å². The van der Waals surface area contributed by atoms with E-state index in [1.54, 1.807) is 18.5 Å². The lowest BCUT2D eigenvalue weighted by molar-refractivity contribution is -0.150. The first-order chi connectivity index (χ1) is 16.8. The van der Waals surface area contributed by atoms with Gasteiger partial charge in [-0.2, -0.15) is 0 Å². The summed E-state index contributed by atoms with van der Waals surface area (Å²) >= 11 is 3.82. The van der Waals surface area contributed by atoms with Gasteiger partial charge in [0.25, 0.3) is 5.91 Å². The van der Waals surface area contributed by atoms with Crippen molar-refractivity contribution in [3.05, 3.63) is 35.8 Å². The summed E-state index contributed by atoms with van der Waals surface area (Å²) < 4.78 is 1.34. The third-order valence-corrected chi connectivity index (χ3v) is 8.35. The van der Waals surface area contributed by atoms with Gasteiger partial charge in [0, 0.05) is 28.8 Å².